The molecule has 3 heterocycles. The molecule has 6 heteroatoms. The van der Waals surface area contributed by atoms with Crippen LogP contribution in [0.1, 0.15) is 16.1 Å². The molecule has 2 aromatic heterocycles. The molecule has 30 heavy (non-hydrogen) atoms. The highest BCUT2D eigenvalue weighted by molar-refractivity contribution is 5.94. The molecular weight excluding hydrogens is 376 g/mol. The summed E-state index contributed by atoms with van der Waals surface area (Å²) in [7, 11) is 0. The Kier molecular flexibility index (Phi) is 4.77. The minimum absolute atomic E-state index is 0.0223. The number of amides is 1. The maximum atomic E-state index is 12.9. The molecule has 0 unspecified atom stereocenters. The van der Waals surface area contributed by atoms with Crippen molar-refractivity contribution >= 4 is 16.8 Å². The predicted octanol–water partition coefficient (Wildman–Crippen LogP) is 3.10. The Morgan fingerprint density at radius 1 is 1.00 bits per heavy atom. The van der Waals surface area contributed by atoms with E-state index >= 15 is 0 Å². The summed E-state index contributed by atoms with van der Waals surface area (Å²) < 4.78 is 1.75. The highest BCUT2D eigenvalue weighted by atomic mass is 16.3. The molecular formula is C24H22N4O2. The number of aromatic nitrogens is 3. The standard InChI is InChI=1S/C24H22N4O2/c29-23-16-27(24(30)18-7-10-21(11-8-18)28-13-3-12-25-28)15-19(23)14-20-9-6-17-4-1-2-5-22(17)26-20/h1-13,19,23,29H,14-16H2/t19-,23-/m1/s1. The fraction of sp³-hybridized carbons (Fsp3) is 0.208. The van der Waals surface area contributed by atoms with Crippen LogP contribution < -0.4 is 0 Å². The van der Waals surface area contributed by atoms with Crippen LogP contribution in [0.5, 0.6) is 0 Å². The number of rotatable bonds is 4. The van der Waals surface area contributed by atoms with E-state index in [1.165, 1.54) is 0 Å². The number of nitrogens with zero attached hydrogens (tertiary/aromatic N) is 4. The van der Waals surface area contributed by atoms with E-state index in [9.17, 15) is 9.90 Å². The van der Waals surface area contributed by atoms with Crippen LogP contribution in [-0.4, -0.2) is 49.9 Å². The third-order valence-electron chi connectivity index (χ3n) is 5.70. The van der Waals surface area contributed by atoms with Crippen molar-refractivity contribution in [3.63, 3.8) is 0 Å². The molecule has 1 fully saturated rings. The maximum Gasteiger partial charge on any atom is 0.253 e. The zero-order valence-corrected chi connectivity index (χ0v) is 16.4. The molecule has 1 aliphatic rings. The molecule has 0 spiro atoms. The first-order valence-corrected chi connectivity index (χ1v) is 10.1. The van der Waals surface area contributed by atoms with E-state index in [1.54, 1.807) is 15.8 Å². The van der Waals surface area contributed by atoms with Crippen LogP contribution in [0.3, 0.4) is 0 Å². The monoisotopic (exact) mass is 398 g/mol. The van der Waals surface area contributed by atoms with Crippen molar-refractivity contribution in [1.29, 1.82) is 0 Å². The Morgan fingerprint density at radius 3 is 2.63 bits per heavy atom. The Labute approximate surface area is 174 Å². The second kappa shape index (κ2) is 7.72. The Hall–Kier alpha value is -3.51. The lowest BCUT2D eigenvalue weighted by atomic mass is 9.99. The number of aliphatic hydroxyl groups is 1. The highest BCUT2D eigenvalue weighted by Crippen LogP contribution is 2.24. The van der Waals surface area contributed by atoms with Crippen LogP contribution in [0.4, 0.5) is 0 Å². The minimum atomic E-state index is -0.550. The molecule has 5 rings (SSSR count). The van der Waals surface area contributed by atoms with Crippen LogP contribution in [0.25, 0.3) is 16.6 Å². The molecule has 1 N–H and O–H groups in total. The first-order chi connectivity index (χ1) is 14.7. The Balaban J connectivity index is 1.28. The predicted molar refractivity (Wildman–Crippen MR) is 114 cm³/mol. The second-order valence-electron chi connectivity index (χ2n) is 7.73. The smallest absolute Gasteiger partial charge is 0.253 e. The van der Waals surface area contributed by atoms with Crippen molar-refractivity contribution in [3.05, 3.63) is 90.4 Å². The number of pyridine rings is 1. The largest absolute Gasteiger partial charge is 0.391 e. The van der Waals surface area contributed by atoms with Gasteiger partial charge in [0.15, 0.2) is 0 Å². The van der Waals surface area contributed by atoms with Gasteiger partial charge in [0.05, 0.1) is 17.3 Å². The summed E-state index contributed by atoms with van der Waals surface area (Å²) in [4.78, 5) is 19.4. The summed E-state index contributed by atoms with van der Waals surface area (Å²) in [6.45, 7) is 0.868. The summed E-state index contributed by atoms with van der Waals surface area (Å²) in [5.74, 6) is -0.0824. The number of carbonyl (C=O) groups excluding carboxylic acids is 1. The van der Waals surface area contributed by atoms with Crippen molar-refractivity contribution in [3.8, 4) is 5.69 Å². The van der Waals surface area contributed by atoms with Gasteiger partial charge in [0.2, 0.25) is 0 Å². The third-order valence-corrected chi connectivity index (χ3v) is 5.70. The summed E-state index contributed by atoms with van der Waals surface area (Å²) in [5, 5.41) is 15.9. The van der Waals surface area contributed by atoms with Crippen molar-refractivity contribution in [2.45, 2.75) is 12.5 Å². The van der Waals surface area contributed by atoms with Crippen LogP contribution in [0.2, 0.25) is 0 Å². The molecule has 2 atom stereocenters. The van der Waals surface area contributed by atoms with Gasteiger partial charge >= 0.3 is 0 Å². The maximum absolute atomic E-state index is 12.9. The lowest BCUT2D eigenvalue weighted by Crippen LogP contribution is -2.29. The summed E-state index contributed by atoms with van der Waals surface area (Å²) in [5.41, 5.74) is 3.41. The highest BCUT2D eigenvalue weighted by Gasteiger charge is 2.34. The molecule has 1 aliphatic heterocycles. The second-order valence-corrected chi connectivity index (χ2v) is 7.73. The SMILES string of the molecule is O=C(c1ccc(-n2cccn2)cc1)N1C[C@@H](Cc2ccc3ccccc3n2)[C@H](O)C1. The van der Waals surface area contributed by atoms with Crippen molar-refractivity contribution in [2.75, 3.05) is 13.1 Å². The van der Waals surface area contributed by atoms with E-state index < -0.39 is 6.10 Å². The number of carbonyl (C=O) groups is 1. The molecule has 150 valence electrons. The van der Waals surface area contributed by atoms with Crippen LogP contribution >= 0.6 is 0 Å². The number of para-hydroxylation sites is 1. The Morgan fingerprint density at radius 2 is 1.83 bits per heavy atom. The number of fused-ring (bicyclic) bond motifs is 1. The van der Waals surface area contributed by atoms with Gasteiger partial charge in [0.25, 0.3) is 5.91 Å². The lowest BCUT2D eigenvalue weighted by Gasteiger charge is -2.16. The topological polar surface area (TPSA) is 71.2 Å². The van der Waals surface area contributed by atoms with E-state index in [0.717, 1.165) is 22.3 Å². The van der Waals surface area contributed by atoms with Crippen LogP contribution in [0, 0.1) is 5.92 Å². The van der Waals surface area contributed by atoms with E-state index in [0.29, 0.717) is 25.1 Å². The van der Waals surface area contributed by atoms with Crippen molar-refractivity contribution in [2.24, 2.45) is 5.92 Å². The number of hydrogen-bond donors (Lipinski definition) is 1. The molecule has 0 saturated carbocycles. The van der Waals surface area contributed by atoms with Gasteiger partial charge in [-0.25, -0.2) is 4.68 Å². The Bertz CT molecular complexity index is 1170. The van der Waals surface area contributed by atoms with Gasteiger partial charge in [-0.05, 0) is 48.9 Å². The molecule has 6 nitrogen and oxygen atoms in total. The number of β-amino-alcohol motifs (C(OH)–C–C–N with tert-alkyl or cyclic N) is 1. The van der Waals surface area contributed by atoms with Gasteiger partial charge in [0.1, 0.15) is 0 Å². The van der Waals surface area contributed by atoms with E-state index in [2.05, 4.69) is 11.2 Å². The van der Waals surface area contributed by atoms with Crippen LogP contribution in [0.15, 0.2) is 79.1 Å². The van der Waals surface area contributed by atoms with Gasteiger partial charge in [-0.1, -0.05) is 24.3 Å². The molecule has 0 bridgehead atoms. The van der Waals surface area contributed by atoms with E-state index in [1.807, 2.05) is 66.9 Å². The summed E-state index contributed by atoms with van der Waals surface area (Å²) in [6.07, 6.45) is 3.67. The average molecular weight is 398 g/mol. The van der Waals surface area contributed by atoms with Crippen molar-refractivity contribution < 1.29 is 9.90 Å². The lowest BCUT2D eigenvalue weighted by molar-refractivity contribution is 0.0764. The molecule has 0 aliphatic carbocycles. The fourth-order valence-corrected chi connectivity index (χ4v) is 4.07. The number of hydrogen-bond acceptors (Lipinski definition) is 4. The van der Waals surface area contributed by atoms with Gasteiger partial charge in [-0.2, -0.15) is 5.10 Å². The quantitative estimate of drug-likeness (QED) is 0.573. The number of likely N-dealkylation sites (tertiary alicyclic amines) is 1. The minimum Gasteiger partial charge on any atom is -0.391 e. The number of benzene rings is 2. The first kappa shape index (κ1) is 18.5. The number of aliphatic hydroxyl groups excluding tert-OH is 1. The van der Waals surface area contributed by atoms with Gasteiger partial charge in [0, 0.05) is 48.0 Å². The van der Waals surface area contributed by atoms with Gasteiger partial charge < -0.3 is 10.0 Å². The van der Waals surface area contributed by atoms with Crippen LogP contribution in [-0.2, 0) is 6.42 Å². The summed E-state index contributed by atoms with van der Waals surface area (Å²) in [6, 6.07) is 21.3. The van der Waals surface area contributed by atoms with E-state index in [4.69, 9.17) is 4.98 Å². The first-order valence-electron chi connectivity index (χ1n) is 10.1. The van der Waals surface area contributed by atoms with Gasteiger partial charge in [-0.15, -0.1) is 0 Å². The average Bonchev–Trinajstić information content (AvgIpc) is 3.44. The zero-order chi connectivity index (χ0) is 20.5. The van der Waals surface area contributed by atoms with Crippen molar-refractivity contribution in [1.82, 2.24) is 19.7 Å². The molecule has 2 aromatic carbocycles. The normalized spacial score (nSPS) is 18.8. The summed E-state index contributed by atoms with van der Waals surface area (Å²) >= 11 is 0. The molecule has 4 aromatic rings. The molecule has 0 radical (unpaired) electrons. The molecule has 1 saturated heterocycles. The third kappa shape index (κ3) is 3.57. The van der Waals surface area contributed by atoms with E-state index in [-0.39, 0.29) is 11.8 Å². The fourth-order valence-electron chi connectivity index (χ4n) is 4.07. The van der Waals surface area contributed by atoms with Gasteiger partial charge in [-0.3, -0.25) is 9.78 Å². The zero-order valence-electron chi connectivity index (χ0n) is 16.4. The molecule has 1 amide bonds.